The predicted octanol–water partition coefficient (Wildman–Crippen LogP) is 2.39. The molecule has 1 aromatic carbocycles. The number of ether oxygens (including phenoxy) is 2. The van der Waals surface area contributed by atoms with Crippen LogP contribution in [0, 0.1) is 12.8 Å². The molecular weight excluding hydrogens is 332 g/mol. The highest BCUT2D eigenvalue weighted by atomic mass is 35.5. The first-order chi connectivity index (χ1) is 11.6. The van der Waals surface area contributed by atoms with Gasteiger partial charge in [0.15, 0.2) is 6.61 Å². The molecule has 1 aromatic heterocycles. The van der Waals surface area contributed by atoms with Gasteiger partial charge in [-0.05, 0) is 31.2 Å². The molecule has 0 unspecified atom stereocenters. The van der Waals surface area contributed by atoms with E-state index in [0.29, 0.717) is 30.4 Å². The Morgan fingerprint density at radius 2 is 2.17 bits per heavy atom. The second-order valence-electron chi connectivity index (χ2n) is 5.85. The van der Waals surface area contributed by atoms with E-state index in [-0.39, 0.29) is 24.5 Å². The van der Waals surface area contributed by atoms with Gasteiger partial charge < -0.3 is 19.3 Å². The molecule has 1 aliphatic heterocycles. The first-order valence-electron chi connectivity index (χ1n) is 7.78. The largest absolute Gasteiger partial charge is 0.484 e. The summed E-state index contributed by atoms with van der Waals surface area (Å²) in [6.07, 6.45) is 0.684. The molecule has 0 aliphatic carbocycles. The lowest BCUT2D eigenvalue weighted by Crippen LogP contribution is -2.42. The number of amides is 1. The Kier molecular flexibility index (Phi) is 5.37. The lowest BCUT2D eigenvalue weighted by molar-refractivity contribution is -0.124. The van der Waals surface area contributed by atoms with Crippen LogP contribution >= 0.6 is 11.6 Å². The monoisotopic (exact) mass is 350 g/mol. The van der Waals surface area contributed by atoms with Crippen LogP contribution in [0.5, 0.6) is 5.75 Å². The smallest absolute Gasteiger partial charge is 0.258 e. The van der Waals surface area contributed by atoms with Crippen molar-refractivity contribution < 1.29 is 18.8 Å². The van der Waals surface area contributed by atoms with Crippen molar-refractivity contribution in [2.45, 2.75) is 19.4 Å². The van der Waals surface area contributed by atoms with Gasteiger partial charge in [0.2, 0.25) is 0 Å². The van der Waals surface area contributed by atoms with Crippen molar-refractivity contribution in [3.05, 3.63) is 46.8 Å². The first kappa shape index (κ1) is 16.8. The highest BCUT2D eigenvalue weighted by molar-refractivity contribution is 6.30. The van der Waals surface area contributed by atoms with Crippen molar-refractivity contribution in [1.82, 2.24) is 10.5 Å². The number of carbonyl (C=O) groups excluding carboxylic acids is 1. The maximum atomic E-state index is 12.1. The second kappa shape index (κ2) is 7.68. The number of carbonyl (C=O) groups is 1. The molecule has 2 heterocycles. The van der Waals surface area contributed by atoms with Crippen LogP contribution in [0.15, 0.2) is 34.9 Å². The lowest BCUT2D eigenvalue weighted by Gasteiger charge is -2.18. The summed E-state index contributed by atoms with van der Waals surface area (Å²) in [5.41, 5.74) is 0.848. The van der Waals surface area contributed by atoms with Crippen molar-refractivity contribution in [2.75, 3.05) is 19.8 Å². The maximum Gasteiger partial charge on any atom is 0.258 e. The summed E-state index contributed by atoms with van der Waals surface area (Å²) in [6.45, 7) is 2.91. The Bertz CT molecular complexity index is 686. The number of benzene rings is 1. The number of aryl methyl sites for hydroxylation is 1. The number of aromatic nitrogens is 1. The maximum absolute atomic E-state index is 12.1. The SMILES string of the molecule is Cc1cc(C[C@@H]2COC[C@@H]2NC(=O)COc2ccc(Cl)cc2)on1. The zero-order chi connectivity index (χ0) is 16.9. The van der Waals surface area contributed by atoms with Crippen molar-refractivity contribution in [1.29, 1.82) is 0 Å². The molecule has 7 heteroatoms. The van der Waals surface area contributed by atoms with Crippen LogP contribution in [0.4, 0.5) is 0 Å². The van der Waals surface area contributed by atoms with Crippen LogP contribution in [0.25, 0.3) is 0 Å². The number of hydrogen-bond donors (Lipinski definition) is 1. The van der Waals surface area contributed by atoms with E-state index in [4.69, 9.17) is 25.6 Å². The fraction of sp³-hybridized carbons (Fsp3) is 0.412. The fourth-order valence-electron chi connectivity index (χ4n) is 2.66. The van der Waals surface area contributed by atoms with Gasteiger partial charge in [-0.15, -0.1) is 0 Å². The van der Waals surface area contributed by atoms with Crippen LogP contribution in [0.3, 0.4) is 0 Å². The number of nitrogens with one attached hydrogen (secondary N) is 1. The molecule has 1 aliphatic rings. The molecule has 0 radical (unpaired) electrons. The molecule has 2 aromatic rings. The minimum Gasteiger partial charge on any atom is -0.484 e. The van der Waals surface area contributed by atoms with Crippen LogP contribution in [0.1, 0.15) is 11.5 Å². The fourth-order valence-corrected chi connectivity index (χ4v) is 2.78. The third-order valence-corrected chi connectivity index (χ3v) is 4.12. The number of hydrogen-bond acceptors (Lipinski definition) is 5. The summed E-state index contributed by atoms with van der Waals surface area (Å²) >= 11 is 5.81. The van der Waals surface area contributed by atoms with Gasteiger partial charge in [-0.2, -0.15) is 0 Å². The molecule has 1 amide bonds. The third-order valence-electron chi connectivity index (χ3n) is 3.87. The van der Waals surface area contributed by atoms with Gasteiger partial charge in [-0.1, -0.05) is 16.8 Å². The Morgan fingerprint density at radius 3 is 2.88 bits per heavy atom. The highest BCUT2D eigenvalue weighted by Crippen LogP contribution is 2.20. The van der Waals surface area contributed by atoms with Crippen LogP contribution in [-0.2, 0) is 16.0 Å². The number of nitrogens with zero attached hydrogens (tertiary/aromatic N) is 1. The summed E-state index contributed by atoms with van der Waals surface area (Å²) < 4.78 is 16.2. The van der Waals surface area contributed by atoms with E-state index in [1.165, 1.54) is 0 Å². The summed E-state index contributed by atoms with van der Waals surface area (Å²) in [5.74, 6) is 1.39. The summed E-state index contributed by atoms with van der Waals surface area (Å²) in [4.78, 5) is 12.1. The van der Waals surface area contributed by atoms with Gasteiger partial charge in [-0.25, -0.2) is 0 Å². The van der Waals surface area contributed by atoms with Gasteiger partial charge in [0.1, 0.15) is 11.5 Å². The minimum absolute atomic E-state index is 0.0493. The van der Waals surface area contributed by atoms with E-state index in [9.17, 15) is 4.79 Å². The number of halogens is 1. The summed E-state index contributed by atoms with van der Waals surface area (Å²) in [6, 6.07) is 8.73. The van der Waals surface area contributed by atoms with Crippen molar-refractivity contribution >= 4 is 17.5 Å². The lowest BCUT2D eigenvalue weighted by atomic mass is 9.98. The molecule has 24 heavy (non-hydrogen) atoms. The molecule has 1 N–H and O–H groups in total. The van der Waals surface area contributed by atoms with E-state index in [1.807, 2.05) is 13.0 Å². The zero-order valence-corrected chi connectivity index (χ0v) is 14.1. The van der Waals surface area contributed by atoms with Crippen molar-refractivity contribution in [3.8, 4) is 5.75 Å². The predicted molar refractivity (Wildman–Crippen MR) is 88.1 cm³/mol. The minimum atomic E-state index is -0.181. The van der Waals surface area contributed by atoms with Gasteiger partial charge in [-0.3, -0.25) is 4.79 Å². The molecule has 6 nitrogen and oxygen atoms in total. The highest BCUT2D eigenvalue weighted by Gasteiger charge is 2.30. The third kappa shape index (κ3) is 4.49. The van der Waals surface area contributed by atoms with Crippen molar-refractivity contribution in [3.63, 3.8) is 0 Å². The second-order valence-corrected chi connectivity index (χ2v) is 6.29. The molecule has 0 spiro atoms. The van der Waals surface area contributed by atoms with Crippen LogP contribution in [-0.4, -0.2) is 36.9 Å². The number of rotatable bonds is 6. The van der Waals surface area contributed by atoms with Crippen LogP contribution < -0.4 is 10.1 Å². The average molecular weight is 351 g/mol. The van der Waals surface area contributed by atoms with E-state index in [2.05, 4.69) is 10.5 Å². The Hall–Kier alpha value is -2.05. The summed E-state index contributed by atoms with van der Waals surface area (Å²) in [7, 11) is 0. The molecule has 2 atom stereocenters. The topological polar surface area (TPSA) is 73.6 Å². The molecule has 0 bridgehead atoms. The molecule has 128 valence electrons. The Morgan fingerprint density at radius 1 is 1.38 bits per heavy atom. The molecule has 1 saturated heterocycles. The van der Waals surface area contributed by atoms with Crippen molar-refractivity contribution in [2.24, 2.45) is 5.92 Å². The average Bonchev–Trinajstić information content (AvgIpc) is 3.16. The van der Waals surface area contributed by atoms with E-state index < -0.39 is 0 Å². The van der Waals surface area contributed by atoms with E-state index in [0.717, 1.165) is 11.5 Å². The molecule has 3 rings (SSSR count). The molecular formula is C17H19ClN2O4. The Balaban J connectivity index is 1.48. The first-order valence-corrected chi connectivity index (χ1v) is 8.15. The van der Waals surface area contributed by atoms with Crippen LogP contribution in [0.2, 0.25) is 5.02 Å². The normalized spacial score (nSPS) is 20.1. The zero-order valence-electron chi connectivity index (χ0n) is 13.3. The summed E-state index contributed by atoms with van der Waals surface area (Å²) in [5, 5.41) is 7.47. The molecule has 1 fully saturated rings. The quantitative estimate of drug-likeness (QED) is 0.866. The molecule has 0 saturated carbocycles. The van der Waals surface area contributed by atoms with E-state index in [1.54, 1.807) is 24.3 Å². The van der Waals surface area contributed by atoms with Gasteiger partial charge >= 0.3 is 0 Å². The van der Waals surface area contributed by atoms with Gasteiger partial charge in [0.25, 0.3) is 5.91 Å². The Labute approximate surface area is 145 Å². The van der Waals surface area contributed by atoms with Gasteiger partial charge in [0, 0.05) is 23.4 Å². The van der Waals surface area contributed by atoms with Gasteiger partial charge in [0.05, 0.1) is 24.9 Å². The van der Waals surface area contributed by atoms with E-state index >= 15 is 0 Å². The standard InChI is InChI=1S/C17H19ClN2O4/c1-11-6-15(24-20-11)7-12-8-22-9-16(12)19-17(21)10-23-14-4-2-13(18)3-5-14/h2-6,12,16H,7-10H2,1H3,(H,19,21)/t12-,16+/m1/s1.